The molecule has 0 unspecified atom stereocenters. The maximum atomic E-state index is 10.9. The highest BCUT2D eigenvalue weighted by Gasteiger charge is 2.21. The summed E-state index contributed by atoms with van der Waals surface area (Å²) >= 11 is 3.48. The first-order valence-corrected chi connectivity index (χ1v) is 6.90. The van der Waals surface area contributed by atoms with Crippen LogP contribution in [0.25, 0.3) is 10.8 Å². The fraction of sp³-hybridized carbons (Fsp3) is 0.200. The van der Waals surface area contributed by atoms with Gasteiger partial charge in [0, 0.05) is 17.0 Å². The molecule has 1 aliphatic rings. The minimum atomic E-state index is -0.385. The number of hydrogen-bond acceptors (Lipinski definition) is 3. The van der Waals surface area contributed by atoms with Gasteiger partial charge in [-0.15, -0.1) is 0 Å². The molecule has 2 aromatic rings. The number of rotatable bonds is 1. The number of aryl methyl sites for hydroxylation is 1. The summed E-state index contributed by atoms with van der Waals surface area (Å²) in [7, 11) is 0. The third kappa shape index (κ3) is 2.28. The van der Waals surface area contributed by atoms with E-state index in [0.717, 1.165) is 39.4 Å². The van der Waals surface area contributed by atoms with Crippen molar-refractivity contribution in [1.82, 2.24) is 0 Å². The molecule has 0 saturated carbocycles. The van der Waals surface area contributed by atoms with Crippen molar-refractivity contribution in [2.75, 3.05) is 0 Å². The van der Waals surface area contributed by atoms with E-state index in [1.807, 2.05) is 6.07 Å². The Morgan fingerprint density at radius 1 is 1.26 bits per heavy atom. The summed E-state index contributed by atoms with van der Waals surface area (Å²) in [6, 6.07) is 10.4. The van der Waals surface area contributed by atoms with E-state index < -0.39 is 0 Å². The lowest BCUT2D eigenvalue weighted by Crippen LogP contribution is -2.00. The van der Waals surface area contributed by atoms with Crippen LogP contribution in [0, 0.1) is 0 Å². The van der Waals surface area contributed by atoms with Gasteiger partial charge < -0.3 is 4.84 Å². The van der Waals surface area contributed by atoms with Gasteiger partial charge in [-0.3, -0.25) is 0 Å². The lowest BCUT2D eigenvalue weighted by Gasteiger charge is -2.06. The highest BCUT2D eigenvalue weighted by Crippen LogP contribution is 2.31. The number of nitrogens with zero attached hydrogens (tertiary/aromatic N) is 1. The monoisotopic (exact) mass is 317 g/mol. The van der Waals surface area contributed by atoms with E-state index in [0.29, 0.717) is 0 Å². The normalized spacial score (nSPS) is 15.8. The summed E-state index contributed by atoms with van der Waals surface area (Å²) in [5.74, 6) is -0.385. The summed E-state index contributed by atoms with van der Waals surface area (Å²) in [6.07, 6.45) is 1.76. The lowest BCUT2D eigenvalue weighted by molar-refractivity contribution is -0.140. The topological polar surface area (TPSA) is 38.7 Å². The SMILES string of the molecule is CC(=O)O/N=C1\CCc2ccc3cc(Br)ccc3c21. The molecule has 0 N–H and O–H groups in total. The molecule has 0 aromatic heterocycles. The van der Waals surface area contributed by atoms with Crippen molar-refractivity contribution in [2.24, 2.45) is 5.16 Å². The van der Waals surface area contributed by atoms with Crippen molar-refractivity contribution < 1.29 is 9.63 Å². The Balaban J connectivity index is 2.17. The first-order valence-electron chi connectivity index (χ1n) is 6.11. The quantitative estimate of drug-likeness (QED) is 0.592. The zero-order valence-electron chi connectivity index (χ0n) is 10.4. The van der Waals surface area contributed by atoms with Gasteiger partial charge in [0.1, 0.15) is 0 Å². The zero-order valence-corrected chi connectivity index (χ0v) is 12.0. The predicted octanol–water partition coefficient (Wildman–Crippen LogP) is 3.82. The number of halogens is 1. The van der Waals surface area contributed by atoms with Crippen molar-refractivity contribution in [3.63, 3.8) is 0 Å². The Bertz CT molecular complexity index is 707. The minimum absolute atomic E-state index is 0.385. The molecule has 96 valence electrons. The van der Waals surface area contributed by atoms with E-state index in [1.54, 1.807) is 0 Å². The standard InChI is InChI=1S/C15H12BrNO2/c1-9(18)19-17-14-7-4-10-2-3-11-8-12(16)5-6-13(11)15(10)14/h2-3,5-6,8H,4,7H2,1H3/b17-14+. The minimum Gasteiger partial charge on any atom is -0.318 e. The molecule has 0 spiro atoms. The van der Waals surface area contributed by atoms with Crippen LogP contribution >= 0.6 is 15.9 Å². The molecule has 1 aliphatic carbocycles. The first-order chi connectivity index (χ1) is 9.15. The molecule has 0 amide bonds. The van der Waals surface area contributed by atoms with Gasteiger partial charge in [-0.25, -0.2) is 4.79 Å². The maximum Gasteiger partial charge on any atom is 0.331 e. The molecule has 0 bridgehead atoms. The van der Waals surface area contributed by atoms with Gasteiger partial charge in [-0.1, -0.05) is 39.3 Å². The zero-order chi connectivity index (χ0) is 13.4. The third-order valence-electron chi connectivity index (χ3n) is 3.27. The van der Waals surface area contributed by atoms with E-state index in [1.165, 1.54) is 12.5 Å². The van der Waals surface area contributed by atoms with Gasteiger partial charge >= 0.3 is 5.97 Å². The summed E-state index contributed by atoms with van der Waals surface area (Å²) in [4.78, 5) is 15.7. The van der Waals surface area contributed by atoms with Crippen LogP contribution in [0.15, 0.2) is 40.0 Å². The molecule has 0 saturated heterocycles. The van der Waals surface area contributed by atoms with Crippen LogP contribution in [-0.2, 0) is 16.1 Å². The second kappa shape index (κ2) is 4.78. The van der Waals surface area contributed by atoms with Crippen molar-refractivity contribution in [1.29, 1.82) is 0 Å². The Labute approximate surface area is 119 Å². The average Bonchev–Trinajstić information content (AvgIpc) is 2.79. The number of oxime groups is 1. The van der Waals surface area contributed by atoms with Gasteiger partial charge in [0.25, 0.3) is 0 Å². The van der Waals surface area contributed by atoms with Gasteiger partial charge in [0.2, 0.25) is 0 Å². The lowest BCUT2D eigenvalue weighted by atomic mass is 10.0. The van der Waals surface area contributed by atoms with Crippen LogP contribution in [0.5, 0.6) is 0 Å². The van der Waals surface area contributed by atoms with Crippen molar-refractivity contribution in [3.8, 4) is 0 Å². The molecule has 2 aromatic carbocycles. The van der Waals surface area contributed by atoms with E-state index in [-0.39, 0.29) is 5.97 Å². The molecule has 0 fully saturated rings. The Morgan fingerprint density at radius 3 is 2.89 bits per heavy atom. The van der Waals surface area contributed by atoms with Crippen molar-refractivity contribution in [3.05, 3.63) is 45.9 Å². The Morgan fingerprint density at radius 2 is 2.11 bits per heavy atom. The fourth-order valence-corrected chi connectivity index (χ4v) is 2.86. The Hall–Kier alpha value is -1.68. The van der Waals surface area contributed by atoms with Gasteiger partial charge in [0.15, 0.2) is 0 Å². The Kier molecular flexibility index (Phi) is 3.11. The van der Waals surface area contributed by atoms with Gasteiger partial charge in [-0.05, 0) is 41.3 Å². The van der Waals surface area contributed by atoms with Crippen LogP contribution in [0.4, 0.5) is 0 Å². The molecule has 0 atom stereocenters. The second-order valence-electron chi connectivity index (χ2n) is 4.59. The first kappa shape index (κ1) is 12.4. The number of carbonyl (C=O) groups is 1. The highest BCUT2D eigenvalue weighted by atomic mass is 79.9. The van der Waals surface area contributed by atoms with Crippen molar-refractivity contribution >= 4 is 38.4 Å². The molecule has 0 heterocycles. The van der Waals surface area contributed by atoms with Crippen LogP contribution in [-0.4, -0.2) is 11.7 Å². The maximum absolute atomic E-state index is 10.9. The number of benzene rings is 2. The van der Waals surface area contributed by atoms with Gasteiger partial charge in [0.05, 0.1) is 5.71 Å². The van der Waals surface area contributed by atoms with Crippen LogP contribution in [0.2, 0.25) is 0 Å². The third-order valence-corrected chi connectivity index (χ3v) is 3.77. The smallest absolute Gasteiger partial charge is 0.318 e. The van der Waals surface area contributed by atoms with Crippen molar-refractivity contribution in [2.45, 2.75) is 19.8 Å². The largest absolute Gasteiger partial charge is 0.331 e. The number of carbonyl (C=O) groups excluding carboxylic acids is 1. The summed E-state index contributed by atoms with van der Waals surface area (Å²) < 4.78 is 1.05. The molecule has 4 heteroatoms. The molecule has 3 rings (SSSR count). The predicted molar refractivity (Wildman–Crippen MR) is 78.3 cm³/mol. The average molecular weight is 318 g/mol. The van der Waals surface area contributed by atoms with E-state index in [2.05, 4.69) is 45.4 Å². The molecule has 3 nitrogen and oxygen atoms in total. The van der Waals surface area contributed by atoms with Crippen LogP contribution in [0.1, 0.15) is 24.5 Å². The molecular weight excluding hydrogens is 306 g/mol. The van der Waals surface area contributed by atoms with E-state index in [9.17, 15) is 4.79 Å². The van der Waals surface area contributed by atoms with E-state index >= 15 is 0 Å². The summed E-state index contributed by atoms with van der Waals surface area (Å²) in [5, 5.41) is 6.31. The molecule has 0 radical (unpaired) electrons. The molecule has 19 heavy (non-hydrogen) atoms. The molecular formula is C15H12BrNO2. The van der Waals surface area contributed by atoms with E-state index in [4.69, 9.17) is 4.84 Å². The molecule has 0 aliphatic heterocycles. The van der Waals surface area contributed by atoms with Crippen LogP contribution in [0.3, 0.4) is 0 Å². The highest BCUT2D eigenvalue weighted by molar-refractivity contribution is 9.10. The summed E-state index contributed by atoms with van der Waals surface area (Å²) in [5.41, 5.74) is 3.24. The van der Waals surface area contributed by atoms with Crippen LogP contribution < -0.4 is 0 Å². The number of fused-ring (bicyclic) bond motifs is 3. The second-order valence-corrected chi connectivity index (χ2v) is 5.50. The fourth-order valence-electron chi connectivity index (χ4n) is 2.48. The summed E-state index contributed by atoms with van der Waals surface area (Å²) in [6.45, 7) is 1.36. The number of hydrogen-bond donors (Lipinski definition) is 0. The van der Waals surface area contributed by atoms with Gasteiger partial charge in [-0.2, -0.15) is 0 Å².